The average Bonchev–Trinajstić information content (AvgIpc) is 2.75. The Bertz CT molecular complexity index is 1050. The number of ketones is 1. The monoisotopic (exact) mass is 403 g/mol. The van der Waals surface area contributed by atoms with Crippen molar-refractivity contribution in [3.63, 3.8) is 0 Å². The standard InChI is InChI=1S/C25H27N3O2/c1-19(29)21-8-5-10-23(16-21)26-25(30)18-28-14-12-27(13-15-28)17-22-9-4-7-20-6-2-3-11-24(20)22/h2-11,16H,12-15,17-18H2,1H3,(H,26,30)/p+2. The number of hydrogen-bond donors (Lipinski definition) is 3. The first kappa shape index (κ1) is 20.3. The van der Waals surface area contributed by atoms with E-state index < -0.39 is 0 Å². The molecule has 0 aromatic heterocycles. The molecule has 1 aliphatic rings. The Morgan fingerprint density at radius 3 is 2.37 bits per heavy atom. The average molecular weight is 404 g/mol. The second kappa shape index (κ2) is 9.20. The molecule has 0 atom stereocenters. The van der Waals surface area contributed by atoms with Crippen LogP contribution in [0.1, 0.15) is 22.8 Å². The van der Waals surface area contributed by atoms with Crippen molar-refractivity contribution in [1.82, 2.24) is 0 Å². The molecule has 1 heterocycles. The van der Waals surface area contributed by atoms with Crippen LogP contribution in [0.3, 0.4) is 0 Å². The number of benzene rings is 3. The Hall–Kier alpha value is -3.02. The maximum atomic E-state index is 12.5. The molecule has 30 heavy (non-hydrogen) atoms. The molecule has 5 heteroatoms. The van der Waals surface area contributed by atoms with Gasteiger partial charge in [-0.1, -0.05) is 54.6 Å². The maximum Gasteiger partial charge on any atom is 0.279 e. The highest BCUT2D eigenvalue weighted by Gasteiger charge is 2.25. The van der Waals surface area contributed by atoms with Gasteiger partial charge in [0.1, 0.15) is 32.7 Å². The number of amides is 1. The van der Waals surface area contributed by atoms with E-state index in [-0.39, 0.29) is 11.7 Å². The van der Waals surface area contributed by atoms with Crippen LogP contribution >= 0.6 is 0 Å². The largest absolute Gasteiger partial charge is 0.322 e. The Balaban J connectivity index is 1.29. The molecule has 4 rings (SSSR count). The number of carbonyl (C=O) groups excluding carboxylic acids is 2. The normalized spacial score (nSPS) is 18.8. The zero-order valence-electron chi connectivity index (χ0n) is 17.4. The number of hydrogen-bond acceptors (Lipinski definition) is 2. The molecule has 0 radical (unpaired) electrons. The summed E-state index contributed by atoms with van der Waals surface area (Å²) in [5.74, 6) is 0.00483. The van der Waals surface area contributed by atoms with E-state index in [9.17, 15) is 9.59 Å². The summed E-state index contributed by atoms with van der Waals surface area (Å²) in [6.07, 6.45) is 0. The van der Waals surface area contributed by atoms with E-state index in [4.69, 9.17) is 0 Å². The van der Waals surface area contributed by atoms with E-state index in [1.54, 1.807) is 23.1 Å². The van der Waals surface area contributed by atoms with Gasteiger partial charge in [-0.25, -0.2) is 0 Å². The van der Waals surface area contributed by atoms with Crippen molar-refractivity contribution in [3.05, 3.63) is 77.9 Å². The van der Waals surface area contributed by atoms with Crippen molar-refractivity contribution in [1.29, 1.82) is 0 Å². The lowest BCUT2D eigenvalue weighted by Gasteiger charge is -2.29. The quantitative estimate of drug-likeness (QED) is 0.537. The number of rotatable bonds is 6. The number of fused-ring (bicyclic) bond motifs is 1. The molecule has 1 saturated heterocycles. The fraction of sp³-hybridized carbons (Fsp3) is 0.280. The summed E-state index contributed by atoms with van der Waals surface area (Å²) in [6, 6.07) is 22.2. The minimum Gasteiger partial charge on any atom is -0.322 e. The highest BCUT2D eigenvalue weighted by molar-refractivity contribution is 5.97. The van der Waals surface area contributed by atoms with E-state index >= 15 is 0 Å². The summed E-state index contributed by atoms with van der Waals surface area (Å²) in [5, 5.41) is 5.57. The number of quaternary nitrogens is 2. The third kappa shape index (κ3) is 4.93. The Morgan fingerprint density at radius 2 is 1.57 bits per heavy atom. The van der Waals surface area contributed by atoms with Crippen LogP contribution in [0.25, 0.3) is 10.8 Å². The molecule has 0 saturated carbocycles. The molecule has 3 N–H and O–H groups in total. The summed E-state index contributed by atoms with van der Waals surface area (Å²) in [5.41, 5.74) is 2.70. The lowest BCUT2D eigenvalue weighted by Crippen LogP contribution is -3.28. The van der Waals surface area contributed by atoms with E-state index in [1.165, 1.54) is 28.2 Å². The van der Waals surface area contributed by atoms with Crippen LogP contribution in [0.5, 0.6) is 0 Å². The molecule has 0 bridgehead atoms. The smallest absolute Gasteiger partial charge is 0.279 e. The van der Waals surface area contributed by atoms with Crippen LogP contribution in [0.2, 0.25) is 0 Å². The SMILES string of the molecule is CC(=O)c1cccc(NC(=O)C[NH+]2CC[NH+](Cc3cccc4ccccc34)CC2)c1. The topological polar surface area (TPSA) is 55.0 Å². The van der Waals surface area contributed by atoms with E-state index in [2.05, 4.69) is 47.8 Å². The first-order valence-electron chi connectivity index (χ1n) is 10.6. The first-order valence-corrected chi connectivity index (χ1v) is 10.6. The van der Waals surface area contributed by atoms with Gasteiger partial charge in [-0.15, -0.1) is 0 Å². The molecule has 3 aromatic rings. The van der Waals surface area contributed by atoms with Gasteiger partial charge in [-0.2, -0.15) is 0 Å². The molecule has 0 unspecified atom stereocenters. The number of Topliss-reactive ketones (excluding diaryl/α,β-unsaturated/α-hetero) is 1. The van der Waals surface area contributed by atoms with E-state index in [0.29, 0.717) is 17.8 Å². The number of piperazine rings is 1. The molecule has 1 fully saturated rings. The van der Waals surface area contributed by atoms with Crippen molar-refractivity contribution in [3.8, 4) is 0 Å². The van der Waals surface area contributed by atoms with E-state index in [1.807, 2.05) is 6.07 Å². The number of nitrogens with one attached hydrogen (secondary N) is 3. The van der Waals surface area contributed by atoms with Crippen LogP contribution in [-0.2, 0) is 11.3 Å². The third-order valence-corrected chi connectivity index (χ3v) is 5.95. The van der Waals surface area contributed by atoms with Gasteiger partial charge in [0.25, 0.3) is 5.91 Å². The van der Waals surface area contributed by atoms with Gasteiger partial charge in [0.05, 0.1) is 0 Å². The van der Waals surface area contributed by atoms with Gasteiger partial charge in [0.15, 0.2) is 12.3 Å². The second-order valence-corrected chi connectivity index (χ2v) is 8.18. The summed E-state index contributed by atoms with van der Waals surface area (Å²) in [4.78, 5) is 26.9. The van der Waals surface area contributed by atoms with Crippen LogP contribution in [0.4, 0.5) is 5.69 Å². The zero-order chi connectivity index (χ0) is 20.9. The Labute approximate surface area is 177 Å². The van der Waals surface area contributed by atoms with Gasteiger partial charge in [0, 0.05) is 16.8 Å². The highest BCUT2D eigenvalue weighted by atomic mass is 16.2. The Morgan fingerprint density at radius 1 is 0.867 bits per heavy atom. The van der Waals surface area contributed by atoms with E-state index in [0.717, 1.165) is 32.7 Å². The summed E-state index contributed by atoms with van der Waals surface area (Å²) in [6.45, 7) is 7.12. The highest BCUT2D eigenvalue weighted by Crippen LogP contribution is 2.17. The zero-order valence-corrected chi connectivity index (χ0v) is 17.4. The van der Waals surface area contributed by atoms with Crippen LogP contribution in [0.15, 0.2) is 66.7 Å². The predicted molar refractivity (Wildman–Crippen MR) is 119 cm³/mol. The first-order chi connectivity index (χ1) is 14.6. The Kier molecular flexibility index (Phi) is 6.21. The maximum absolute atomic E-state index is 12.5. The van der Waals surface area contributed by atoms with Crippen LogP contribution in [0, 0.1) is 0 Å². The van der Waals surface area contributed by atoms with Crippen molar-refractivity contribution in [2.24, 2.45) is 0 Å². The lowest BCUT2D eigenvalue weighted by molar-refractivity contribution is -1.01. The fourth-order valence-electron chi connectivity index (χ4n) is 4.27. The van der Waals surface area contributed by atoms with Crippen LogP contribution < -0.4 is 15.1 Å². The predicted octanol–water partition coefficient (Wildman–Crippen LogP) is 0.965. The minimum atomic E-state index is 0.00187. The minimum absolute atomic E-state index is 0.00187. The van der Waals surface area contributed by atoms with Gasteiger partial charge in [-0.05, 0) is 29.8 Å². The van der Waals surface area contributed by atoms with Gasteiger partial charge < -0.3 is 15.1 Å². The molecule has 154 valence electrons. The van der Waals surface area contributed by atoms with Gasteiger partial charge in [-0.3, -0.25) is 9.59 Å². The molecule has 3 aromatic carbocycles. The molecular formula is C25H29N3O2+2. The summed E-state index contributed by atoms with van der Waals surface area (Å²) >= 11 is 0. The summed E-state index contributed by atoms with van der Waals surface area (Å²) < 4.78 is 0. The van der Waals surface area contributed by atoms with Gasteiger partial charge in [0.2, 0.25) is 0 Å². The molecule has 5 nitrogen and oxygen atoms in total. The molecule has 1 amide bonds. The van der Waals surface area contributed by atoms with Crippen molar-refractivity contribution in [2.45, 2.75) is 13.5 Å². The number of anilines is 1. The lowest BCUT2D eigenvalue weighted by atomic mass is 10.0. The number of carbonyl (C=O) groups is 2. The van der Waals surface area contributed by atoms with Crippen molar-refractivity contribution >= 4 is 28.2 Å². The van der Waals surface area contributed by atoms with Crippen molar-refractivity contribution in [2.75, 3.05) is 38.0 Å². The third-order valence-electron chi connectivity index (χ3n) is 5.95. The fourth-order valence-corrected chi connectivity index (χ4v) is 4.27. The molecular weight excluding hydrogens is 374 g/mol. The van der Waals surface area contributed by atoms with Gasteiger partial charge >= 0.3 is 0 Å². The second-order valence-electron chi connectivity index (χ2n) is 8.18. The molecule has 1 aliphatic heterocycles. The molecule has 0 spiro atoms. The molecule has 0 aliphatic carbocycles. The summed E-state index contributed by atoms with van der Waals surface area (Å²) in [7, 11) is 0. The van der Waals surface area contributed by atoms with Crippen LogP contribution in [-0.4, -0.2) is 44.4 Å². The van der Waals surface area contributed by atoms with Crippen molar-refractivity contribution < 1.29 is 19.4 Å².